The van der Waals surface area contributed by atoms with Crippen LogP contribution in [-0.4, -0.2) is 34.6 Å². The van der Waals surface area contributed by atoms with Crippen LogP contribution in [0.15, 0.2) is 88.7 Å². The first kappa shape index (κ1) is 28.7. The van der Waals surface area contributed by atoms with Gasteiger partial charge in [-0.15, -0.1) is 0 Å². The van der Waals surface area contributed by atoms with Gasteiger partial charge in [0, 0.05) is 10.8 Å². The molecule has 3 aromatic carbocycles. The van der Waals surface area contributed by atoms with Gasteiger partial charge in [0.15, 0.2) is 0 Å². The molecule has 3 amide bonds. The largest absolute Gasteiger partial charge is 0.497 e. The second kappa shape index (κ2) is 11.0. The van der Waals surface area contributed by atoms with E-state index in [2.05, 4.69) is 5.32 Å². The minimum absolute atomic E-state index is 0.326. The number of benzene rings is 3. The van der Waals surface area contributed by atoms with E-state index in [4.69, 9.17) is 4.74 Å². The molecule has 3 heterocycles. The minimum atomic E-state index is -4.70. The number of amides is 3. The fraction of sp³-hybridized carbons (Fsp3) is 0.200. The van der Waals surface area contributed by atoms with Crippen molar-refractivity contribution < 1.29 is 32.3 Å². The van der Waals surface area contributed by atoms with E-state index in [1.54, 1.807) is 54.6 Å². The summed E-state index contributed by atoms with van der Waals surface area (Å²) in [7, 11) is 1.52. The highest BCUT2D eigenvalue weighted by Gasteiger charge is 2.56. The number of methoxy groups -OCH3 is 1. The van der Waals surface area contributed by atoms with E-state index in [1.807, 2.05) is 0 Å². The van der Waals surface area contributed by atoms with Crippen LogP contribution < -0.4 is 19.8 Å². The van der Waals surface area contributed by atoms with Crippen molar-refractivity contribution in [1.82, 2.24) is 4.57 Å². The summed E-state index contributed by atoms with van der Waals surface area (Å²) in [5, 5.41) is 1.69. The zero-order valence-electron chi connectivity index (χ0n) is 22.3. The van der Waals surface area contributed by atoms with E-state index in [9.17, 15) is 32.3 Å². The Bertz CT molecular complexity index is 1790. The molecule has 6 rings (SSSR count). The number of ether oxygens (including phenoxy) is 1. The molecule has 0 saturated carbocycles. The number of nitrogens with one attached hydrogen (secondary N) is 1. The number of halogens is 3. The summed E-state index contributed by atoms with van der Waals surface area (Å²) in [5.41, 5.74) is -0.359. The van der Waals surface area contributed by atoms with Crippen molar-refractivity contribution in [3.05, 3.63) is 105 Å². The lowest BCUT2D eigenvalue weighted by Gasteiger charge is -2.30. The SMILES string of the molecule is COc1ccc(C2c3sc(=O)n(CC(=O)Nc4ccccc4C(F)(F)F)c3SC3C(=O)N(c4ccccc4)C(=O)C32)cc1. The van der Waals surface area contributed by atoms with Gasteiger partial charge in [0.05, 0.1) is 35.0 Å². The fourth-order valence-electron chi connectivity index (χ4n) is 5.43. The molecule has 220 valence electrons. The molecular formula is C30H22F3N3O5S2. The number of carbonyl (C=O) groups is 3. The molecule has 1 saturated heterocycles. The van der Waals surface area contributed by atoms with Gasteiger partial charge >= 0.3 is 11.0 Å². The van der Waals surface area contributed by atoms with Crippen LogP contribution in [0.4, 0.5) is 24.5 Å². The summed E-state index contributed by atoms with van der Waals surface area (Å²) < 4.78 is 46.9. The number of thiazole rings is 1. The quantitative estimate of drug-likeness (QED) is 0.290. The Kier molecular flexibility index (Phi) is 7.38. The number of carbonyl (C=O) groups excluding carboxylic acids is 3. The van der Waals surface area contributed by atoms with Gasteiger partial charge in [0.2, 0.25) is 17.7 Å². The summed E-state index contributed by atoms with van der Waals surface area (Å²) in [5.74, 6) is -2.66. The van der Waals surface area contributed by atoms with Crippen LogP contribution in [-0.2, 0) is 27.1 Å². The van der Waals surface area contributed by atoms with Crippen LogP contribution in [0.3, 0.4) is 0 Å². The molecule has 0 spiro atoms. The lowest BCUT2D eigenvalue weighted by molar-refractivity contribution is -0.137. The number of fused-ring (bicyclic) bond motifs is 2. The molecule has 0 radical (unpaired) electrons. The van der Waals surface area contributed by atoms with Crippen LogP contribution in [0.25, 0.3) is 0 Å². The number of imide groups is 1. The number of nitrogens with zero attached hydrogens (tertiary/aromatic N) is 2. The third-order valence-corrected chi connectivity index (χ3v) is 9.95. The Balaban J connectivity index is 1.40. The van der Waals surface area contributed by atoms with Crippen LogP contribution in [0.5, 0.6) is 5.75 Å². The molecule has 1 fully saturated rings. The Morgan fingerprint density at radius 3 is 2.28 bits per heavy atom. The Labute approximate surface area is 251 Å². The van der Waals surface area contributed by atoms with Crippen molar-refractivity contribution in [3.63, 3.8) is 0 Å². The average molecular weight is 626 g/mol. The zero-order valence-corrected chi connectivity index (χ0v) is 24.0. The van der Waals surface area contributed by atoms with Crippen molar-refractivity contribution >= 4 is 52.2 Å². The first-order valence-corrected chi connectivity index (χ1v) is 14.7. The molecule has 13 heteroatoms. The second-order valence-corrected chi connectivity index (χ2v) is 12.0. The standard InChI is InChI=1S/C30H22F3N3O5S2/c1-41-18-13-11-16(12-14-18)22-23-24(27(39)36(26(23)38)17-7-3-2-4-8-17)42-28-25(22)43-29(40)35(28)15-21(37)34-20-10-6-5-9-19(20)30(31,32)33/h2-14,22-24H,15H2,1H3,(H,34,37). The monoisotopic (exact) mass is 625 g/mol. The molecule has 8 nitrogen and oxygen atoms in total. The van der Waals surface area contributed by atoms with Gasteiger partial charge in [0.25, 0.3) is 0 Å². The van der Waals surface area contributed by atoms with E-state index in [1.165, 1.54) is 19.2 Å². The van der Waals surface area contributed by atoms with E-state index >= 15 is 0 Å². The molecule has 4 aromatic rings. The first-order valence-electron chi connectivity index (χ1n) is 13.0. The van der Waals surface area contributed by atoms with Crippen molar-refractivity contribution in [2.24, 2.45) is 5.92 Å². The smallest absolute Gasteiger partial charge is 0.418 e. The molecule has 0 bridgehead atoms. The summed E-state index contributed by atoms with van der Waals surface area (Å²) in [6, 6.07) is 20.0. The minimum Gasteiger partial charge on any atom is -0.497 e. The molecule has 3 atom stereocenters. The maximum Gasteiger partial charge on any atom is 0.418 e. The molecule has 2 aliphatic heterocycles. The molecule has 1 aromatic heterocycles. The van der Waals surface area contributed by atoms with Gasteiger partial charge in [-0.2, -0.15) is 13.2 Å². The fourth-order valence-corrected chi connectivity index (χ4v) is 8.20. The third-order valence-electron chi connectivity index (χ3n) is 7.35. The molecule has 0 aliphatic carbocycles. The maximum atomic E-state index is 13.9. The van der Waals surface area contributed by atoms with Crippen molar-refractivity contribution in [3.8, 4) is 5.75 Å². The van der Waals surface area contributed by atoms with Crippen LogP contribution in [0.2, 0.25) is 0 Å². The van der Waals surface area contributed by atoms with Crippen molar-refractivity contribution in [1.29, 1.82) is 0 Å². The van der Waals surface area contributed by atoms with Gasteiger partial charge in [-0.05, 0) is 42.0 Å². The zero-order chi connectivity index (χ0) is 30.5. The highest BCUT2D eigenvalue weighted by molar-refractivity contribution is 8.00. The summed E-state index contributed by atoms with van der Waals surface area (Å²) in [4.78, 5) is 55.0. The number of alkyl halides is 3. The van der Waals surface area contributed by atoms with Crippen molar-refractivity contribution in [2.75, 3.05) is 17.3 Å². The third kappa shape index (κ3) is 5.12. The number of thioether (sulfide) groups is 1. The van der Waals surface area contributed by atoms with Gasteiger partial charge in [-0.3, -0.25) is 23.7 Å². The predicted molar refractivity (Wildman–Crippen MR) is 156 cm³/mol. The van der Waals surface area contributed by atoms with Gasteiger partial charge in [0.1, 0.15) is 17.5 Å². The van der Waals surface area contributed by atoms with Gasteiger partial charge < -0.3 is 10.1 Å². The number of aromatic nitrogens is 1. The Morgan fingerprint density at radius 2 is 1.60 bits per heavy atom. The van der Waals surface area contributed by atoms with E-state index in [0.717, 1.165) is 44.7 Å². The molecule has 43 heavy (non-hydrogen) atoms. The maximum absolute atomic E-state index is 13.9. The number of rotatable bonds is 6. The van der Waals surface area contributed by atoms with Crippen LogP contribution in [0, 0.1) is 5.92 Å². The van der Waals surface area contributed by atoms with Gasteiger partial charge in [-0.1, -0.05) is 65.6 Å². The lowest BCUT2D eigenvalue weighted by Crippen LogP contribution is -2.33. The van der Waals surface area contributed by atoms with E-state index in [0.29, 0.717) is 26.9 Å². The number of para-hydroxylation sites is 2. The highest BCUT2D eigenvalue weighted by atomic mass is 32.2. The number of anilines is 2. The number of hydrogen-bond donors (Lipinski definition) is 1. The first-order chi connectivity index (χ1) is 20.6. The molecule has 2 aliphatic rings. The Morgan fingerprint density at radius 1 is 0.930 bits per heavy atom. The topological polar surface area (TPSA) is 97.7 Å². The molecule has 3 unspecified atom stereocenters. The average Bonchev–Trinajstić information content (AvgIpc) is 3.43. The van der Waals surface area contributed by atoms with Gasteiger partial charge in [-0.25, -0.2) is 4.90 Å². The lowest BCUT2D eigenvalue weighted by atomic mass is 9.83. The van der Waals surface area contributed by atoms with E-state index < -0.39 is 63.7 Å². The normalized spacial score (nSPS) is 19.6. The Hall–Kier alpha value is -4.36. The van der Waals surface area contributed by atoms with Crippen molar-refractivity contribution in [2.45, 2.75) is 28.9 Å². The van der Waals surface area contributed by atoms with Crippen LogP contribution >= 0.6 is 23.1 Å². The molecular weight excluding hydrogens is 603 g/mol. The number of hydrogen-bond acceptors (Lipinski definition) is 7. The van der Waals surface area contributed by atoms with Crippen LogP contribution in [0.1, 0.15) is 21.9 Å². The molecule has 1 N–H and O–H groups in total. The highest BCUT2D eigenvalue weighted by Crippen LogP contribution is 2.54. The summed E-state index contributed by atoms with van der Waals surface area (Å²) >= 11 is 1.87. The predicted octanol–water partition coefficient (Wildman–Crippen LogP) is 5.37. The van der Waals surface area contributed by atoms with E-state index in [-0.39, 0.29) is 0 Å². The summed E-state index contributed by atoms with van der Waals surface area (Å²) in [6.07, 6.45) is -4.70. The summed E-state index contributed by atoms with van der Waals surface area (Å²) in [6.45, 7) is -0.582. The second-order valence-electron chi connectivity index (χ2n) is 9.88.